The van der Waals surface area contributed by atoms with Crippen molar-refractivity contribution in [2.45, 2.75) is 62.7 Å². The zero-order valence-corrected chi connectivity index (χ0v) is 23.8. The van der Waals surface area contributed by atoms with Crippen molar-refractivity contribution < 1.29 is 32.1 Å². The van der Waals surface area contributed by atoms with Crippen LogP contribution in [0.2, 0.25) is 0 Å². The summed E-state index contributed by atoms with van der Waals surface area (Å²) in [4.78, 5) is 40.3. The van der Waals surface area contributed by atoms with Gasteiger partial charge in [0.05, 0.1) is 6.42 Å². The van der Waals surface area contributed by atoms with Crippen molar-refractivity contribution in [3.8, 4) is 5.75 Å². The Labute approximate surface area is 235 Å². The molecule has 0 atom stereocenters. The van der Waals surface area contributed by atoms with E-state index in [2.05, 4.69) is 15.9 Å². The van der Waals surface area contributed by atoms with E-state index in [4.69, 9.17) is 4.18 Å². The molecule has 0 unspecified atom stereocenters. The molecule has 0 radical (unpaired) electrons. The number of carbonyl (C=O) groups is 3. The number of aryl methyl sites for hydroxylation is 1. The third-order valence-electron chi connectivity index (χ3n) is 7.43. The fourth-order valence-corrected chi connectivity index (χ4v) is 7.03. The Kier molecular flexibility index (Phi) is 7.52. The molecule has 0 spiro atoms. The van der Waals surface area contributed by atoms with Crippen LogP contribution in [0.1, 0.15) is 62.0 Å². The van der Waals surface area contributed by atoms with E-state index >= 15 is 0 Å². The lowest BCUT2D eigenvalue weighted by Gasteiger charge is -2.44. The molecular formula is C29H28BrNO7S. The third kappa shape index (κ3) is 5.32. The number of carbonyl (C=O) groups excluding carboxylic acids is 2. The first-order valence-electron chi connectivity index (χ1n) is 12.9. The Hall–Kier alpha value is -3.24. The van der Waals surface area contributed by atoms with Gasteiger partial charge in [-0.1, -0.05) is 33.6 Å². The van der Waals surface area contributed by atoms with Gasteiger partial charge in [-0.05, 0) is 62.9 Å². The molecule has 0 bridgehead atoms. The molecule has 39 heavy (non-hydrogen) atoms. The second kappa shape index (κ2) is 10.7. The Bertz CT molecular complexity index is 1500. The van der Waals surface area contributed by atoms with E-state index in [1.807, 2.05) is 11.8 Å². The number of Topliss-reactive ketones (excluding diaryl/α,β-unsaturated/α-hetero) is 2. The Balaban J connectivity index is 1.69. The lowest BCUT2D eigenvalue weighted by atomic mass is 9.70. The van der Waals surface area contributed by atoms with E-state index in [1.165, 1.54) is 18.2 Å². The Morgan fingerprint density at radius 1 is 0.974 bits per heavy atom. The van der Waals surface area contributed by atoms with E-state index in [0.717, 1.165) is 17.0 Å². The topological polar surface area (TPSA) is 118 Å². The highest BCUT2D eigenvalue weighted by Gasteiger charge is 2.44. The number of allylic oxidation sites excluding steroid dienone is 4. The fourth-order valence-electron chi connectivity index (χ4n) is 5.70. The summed E-state index contributed by atoms with van der Waals surface area (Å²) in [6, 6.07) is 11.2. The predicted molar refractivity (Wildman–Crippen MR) is 147 cm³/mol. The van der Waals surface area contributed by atoms with Gasteiger partial charge in [-0.3, -0.25) is 14.4 Å². The summed E-state index contributed by atoms with van der Waals surface area (Å²) in [5.74, 6) is -1.98. The molecule has 1 heterocycles. The fraction of sp³-hybridized carbons (Fsp3) is 0.345. The minimum absolute atomic E-state index is 0.00671. The first kappa shape index (κ1) is 27.3. The van der Waals surface area contributed by atoms with Crippen molar-refractivity contribution in [3.05, 3.63) is 80.6 Å². The monoisotopic (exact) mass is 613 g/mol. The van der Waals surface area contributed by atoms with Gasteiger partial charge < -0.3 is 14.2 Å². The number of carboxylic acids is 1. The van der Waals surface area contributed by atoms with Gasteiger partial charge in [0.2, 0.25) is 0 Å². The van der Waals surface area contributed by atoms with Crippen molar-refractivity contribution in [2.24, 2.45) is 0 Å². The molecule has 0 aromatic heterocycles. The van der Waals surface area contributed by atoms with Crippen LogP contribution in [0.3, 0.4) is 0 Å². The van der Waals surface area contributed by atoms with Gasteiger partial charge in [0, 0.05) is 57.9 Å². The highest BCUT2D eigenvalue weighted by Crippen LogP contribution is 2.51. The molecule has 2 aromatic carbocycles. The number of benzene rings is 2. The zero-order chi connectivity index (χ0) is 27.9. The van der Waals surface area contributed by atoms with Crippen LogP contribution in [0.5, 0.6) is 5.75 Å². The summed E-state index contributed by atoms with van der Waals surface area (Å²) in [6.07, 6.45) is 2.82. The molecule has 0 fully saturated rings. The minimum atomic E-state index is -4.21. The molecule has 2 aliphatic carbocycles. The maximum Gasteiger partial charge on any atom is 0.339 e. The lowest BCUT2D eigenvalue weighted by molar-refractivity contribution is -0.137. The van der Waals surface area contributed by atoms with Crippen LogP contribution in [0.15, 0.2) is 74.4 Å². The maximum absolute atomic E-state index is 13.5. The highest BCUT2D eigenvalue weighted by molar-refractivity contribution is 9.10. The first-order chi connectivity index (χ1) is 18.6. The van der Waals surface area contributed by atoms with Gasteiger partial charge in [-0.15, -0.1) is 0 Å². The number of rotatable bonds is 7. The molecule has 1 N–H and O–H groups in total. The zero-order valence-electron chi connectivity index (χ0n) is 21.4. The highest BCUT2D eigenvalue weighted by atomic mass is 79.9. The van der Waals surface area contributed by atoms with Gasteiger partial charge in [0.15, 0.2) is 11.6 Å². The molecule has 1 aliphatic heterocycles. The lowest BCUT2D eigenvalue weighted by Crippen LogP contribution is -2.40. The third-order valence-corrected chi connectivity index (χ3v) is 9.17. The molecule has 5 rings (SSSR count). The molecule has 0 saturated heterocycles. The predicted octanol–water partition coefficient (Wildman–Crippen LogP) is 5.41. The summed E-state index contributed by atoms with van der Waals surface area (Å²) in [5.41, 5.74) is 3.60. The van der Waals surface area contributed by atoms with Gasteiger partial charge >= 0.3 is 16.1 Å². The largest absolute Gasteiger partial charge is 0.481 e. The molecular weight excluding hydrogens is 586 g/mol. The number of ketones is 2. The van der Waals surface area contributed by atoms with Crippen LogP contribution < -0.4 is 4.18 Å². The number of aliphatic carboxylic acids is 1. The summed E-state index contributed by atoms with van der Waals surface area (Å²) in [6.45, 7) is 2.01. The number of halogens is 1. The first-order valence-corrected chi connectivity index (χ1v) is 15.1. The number of hydrogen-bond donors (Lipinski definition) is 1. The summed E-state index contributed by atoms with van der Waals surface area (Å²) in [5, 5.41) is 9.38. The number of carboxylic acid groups (broad SMARTS) is 1. The smallest absolute Gasteiger partial charge is 0.339 e. The van der Waals surface area contributed by atoms with Crippen molar-refractivity contribution in [1.29, 1.82) is 0 Å². The van der Waals surface area contributed by atoms with Crippen molar-refractivity contribution in [2.75, 3.05) is 6.54 Å². The quantitative estimate of drug-likeness (QED) is 0.412. The van der Waals surface area contributed by atoms with E-state index in [1.54, 1.807) is 24.3 Å². The van der Waals surface area contributed by atoms with Crippen LogP contribution in [-0.4, -0.2) is 42.5 Å². The molecule has 0 saturated carbocycles. The van der Waals surface area contributed by atoms with Crippen LogP contribution in [0.25, 0.3) is 0 Å². The molecule has 204 valence electrons. The van der Waals surface area contributed by atoms with Crippen molar-refractivity contribution in [3.63, 3.8) is 0 Å². The Morgan fingerprint density at radius 3 is 2.13 bits per heavy atom. The molecule has 0 amide bonds. The Morgan fingerprint density at radius 2 is 1.56 bits per heavy atom. The average Bonchev–Trinajstić information content (AvgIpc) is 2.88. The molecule has 2 aromatic rings. The standard InChI is InChI=1S/C29H28BrNO7S/c1-17-8-11-19(12-9-17)39(36,37)38-25-13-10-18(30)16-20(25)27-28-21(4-2-6-23(28)32)31(15-14-26(34)35)22-5-3-7-24(33)29(22)27/h8-13,16,27H,2-7,14-15H2,1H3,(H,34,35). The van der Waals surface area contributed by atoms with E-state index in [-0.39, 0.29) is 35.2 Å². The van der Waals surface area contributed by atoms with Gasteiger partial charge in [0.1, 0.15) is 10.6 Å². The molecule has 8 nitrogen and oxygen atoms in total. The van der Waals surface area contributed by atoms with Crippen LogP contribution in [0, 0.1) is 6.92 Å². The van der Waals surface area contributed by atoms with E-state index in [0.29, 0.717) is 59.7 Å². The minimum Gasteiger partial charge on any atom is -0.481 e. The summed E-state index contributed by atoms with van der Waals surface area (Å²) >= 11 is 3.47. The van der Waals surface area contributed by atoms with Crippen molar-refractivity contribution in [1.82, 2.24) is 4.90 Å². The summed E-state index contributed by atoms with van der Waals surface area (Å²) in [7, 11) is -4.21. The van der Waals surface area contributed by atoms with Gasteiger partial charge in [0.25, 0.3) is 0 Å². The summed E-state index contributed by atoms with van der Waals surface area (Å²) < 4.78 is 32.9. The average molecular weight is 615 g/mol. The van der Waals surface area contributed by atoms with Gasteiger partial charge in [-0.25, -0.2) is 0 Å². The maximum atomic E-state index is 13.5. The van der Waals surface area contributed by atoms with Crippen molar-refractivity contribution >= 4 is 43.6 Å². The van der Waals surface area contributed by atoms with Gasteiger partial charge in [-0.2, -0.15) is 8.42 Å². The van der Waals surface area contributed by atoms with Crippen LogP contribution in [0.4, 0.5) is 0 Å². The SMILES string of the molecule is Cc1ccc(S(=O)(=O)Oc2ccc(Br)cc2C2C3=C(CCCC3=O)N(CCC(=O)O)C3=C2C(=O)CCC3)cc1. The van der Waals surface area contributed by atoms with E-state index < -0.39 is 22.0 Å². The second-order valence-electron chi connectivity index (χ2n) is 10.0. The second-order valence-corrected chi connectivity index (χ2v) is 12.5. The van der Waals surface area contributed by atoms with E-state index in [9.17, 15) is 27.9 Å². The van der Waals surface area contributed by atoms with Crippen LogP contribution in [-0.2, 0) is 24.5 Å². The normalized spacial score (nSPS) is 18.3. The van der Waals surface area contributed by atoms with Crippen LogP contribution >= 0.6 is 15.9 Å². The molecule has 3 aliphatic rings. The molecule has 10 heteroatoms. The number of hydrogen-bond acceptors (Lipinski definition) is 7. The number of nitrogens with zero attached hydrogens (tertiary/aromatic N) is 1.